The standard InChI is InChI=1S/C18H17NO4S/c1-21-14-9-5-8-13(10-14)16-15(20)17(18(19)22-16)23-24-11-12-6-3-2-4-7-12/h2-10,16H,11,19H2,1H3. The first-order valence-electron chi connectivity index (χ1n) is 7.37. The number of methoxy groups -OCH3 is 1. The molecule has 2 aromatic carbocycles. The van der Waals surface area contributed by atoms with Crippen molar-refractivity contribution in [2.24, 2.45) is 5.73 Å². The minimum Gasteiger partial charge on any atom is -0.497 e. The Kier molecular flexibility index (Phi) is 4.96. The highest BCUT2D eigenvalue weighted by atomic mass is 32.2. The Morgan fingerprint density at radius 3 is 2.71 bits per heavy atom. The summed E-state index contributed by atoms with van der Waals surface area (Å²) < 4.78 is 16.2. The van der Waals surface area contributed by atoms with Crippen LogP contribution in [0.3, 0.4) is 0 Å². The van der Waals surface area contributed by atoms with Gasteiger partial charge in [-0.3, -0.25) is 4.79 Å². The third kappa shape index (κ3) is 3.49. The second-order valence-electron chi connectivity index (χ2n) is 5.16. The summed E-state index contributed by atoms with van der Waals surface area (Å²) in [6.45, 7) is 0. The van der Waals surface area contributed by atoms with Crippen molar-refractivity contribution >= 4 is 17.8 Å². The van der Waals surface area contributed by atoms with Crippen molar-refractivity contribution in [2.75, 3.05) is 7.11 Å². The first-order chi connectivity index (χ1) is 11.7. The van der Waals surface area contributed by atoms with Crippen molar-refractivity contribution in [2.45, 2.75) is 11.9 Å². The van der Waals surface area contributed by atoms with Crippen molar-refractivity contribution in [3.05, 3.63) is 77.4 Å². The Hall–Kier alpha value is -2.60. The molecule has 6 heteroatoms. The quantitative estimate of drug-likeness (QED) is 0.811. The zero-order valence-electron chi connectivity index (χ0n) is 13.1. The van der Waals surface area contributed by atoms with Crippen LogP contribution in [-0.2, 0) is 19.5 Å². The Bertz CT molecular complexity index is 761. The van der Waals surface area contributed by atoms with Gasteiger partial charge in [0.2, 0.25) is 17.4 Å². The molecule has 5 nitrogen and oxygen atoms in total. The van der Waals surface area contributed by atoms with Crippen LogP contribution < -0.4 is 10.5 Å². The van der Waals surface area contributed by atoms with E-state index in [2.05, 4.69) is 0 Å². The van der Waals surface area contributed by atoms with Crippen LogP contribution in [0, 0.1) is 0 Å². The number of nitrogens with two attached hydrogens (primary N) is 1. The van der Waals surface area contributed by atoms with Crippen LogP contribution in [0.25, 0.3) is 0 Å². The summed E-state index contributed by atoms with van der Waals surface area (Å²) >= 11 is 1.15. The fourth-order valence-electron chi connectivity index (χ4n) is 2.31. The van der Waals surface area contributed by atoms with E-state index < -0.39 is 6.10 Å². The fraction of sp³-hybridized carbons (Fsp3) is 0.167. The van der Waals surface area contributed by atoms with Gasteiger partial charge in [-0.15, -0.1) is 0 Å². The highest BCUT2D eigenvalue weighted by molar-refractivity contribution is 7.94. The molecule has 0 radical (unpaired) electrons. The van der Waals surface area contributed by atoms with Crippen LogP contribution in [0.1, 0.15) is 17.2 Å². The van der Waals surface area contributed by atoms with E-state index in [4.69, 9.17) is 19.4 Å². The molecule has 0 spiro atoms. The number of hydrogen-bond acceptors (Lipinski definition) is 6. The number of carbonyl (C=O) groups is 1. The van der Waals surface area contributed by atoms with Gasteiger partial charge in [0.05, 0.1) is 24.9 Å². The Labute approximate surface area is 144 Å². The van der Waals surface area contributed by atoms with Gasteiger partial charge in [-0.05, 0) is 17.7 Å². The molecule has 1 aliphatic heterocycles. The molecule has 0 aromatic heterocycles. The molecule has 1 heterocycles. The van der Waals surface area contributed by atoms with Gasteiger partial charge in [0.25, 0.3) is 0 Å². The maximum atomic E-state index is 12.5. The SMILES string of the molecule is COc1cccc(C2OC(N)=C(OSCc3ccccc3)C2=O)c1. The summed E-state index contributed by atoms with van der Waals surface area (Å²) in [4.78, 5) is 12.5. The monoisotopic (exact) mass is 343 g/mol. The first kappa shape index (κ1) is 16.3. The number of ether oxygens (including phenoxy) is 2. The lowest BCUT2D eigenvalue weighted by Crippen LogP contribution is -2.10. The van der Waals surface area contributed by atoms with E-state index in [1.54, 1.807) is 31.4 Å². The van der Waals surface area contributed by atoms with E-state index in [0.717, 1.165) is 17.6 Å². The second-order valence-corrected chi connectivity index (χ2v) is 5.85. The zero-order chi connectivity index (χ0) is 16.9. The summed E-state index contributed by atoms with van der Waals surface area (Å²) in [7, 11) is 1.57. The van der Waals surface area contributed by atoms with Gasteiger partial charge in [-0.25, -0.2) is 0 Å². The molecule has 3 rings (SSSR count). The summed E-state index contributed by atoms with van der Waals surface area (Å²) in [5.41, 5.74) is 7.58. The number of hydrogen-bond donors (Lipinski definition) is 1. The van der Waals surface area contributed by atoms with E-state index in [0.29, 0.717) is 17.1 Å². The van der Waals surface area contributed by atoms with Crippen molar-refractivity contribution in [1.82, 2.24) is 0 Å². The molecule has 0 saturated heterocycles. The molecule has 1 unspecified atom stereocenters. The number of Topliss-reactive ketones (excluding diaryl/α,β-unsaturated/α-hetero) is 1. The van der Waals surface area contributed by atoms with Gasteiger partial charge >= 0.3 is 0 Å². The molecule has 0 saturated carbocycles. The Balaban J connectivity index is 1.64. The number of carbonyl (C=O) groups excluding carboxylic acids is 1. The fourth-order valence-corrected chi connectivity index (χ4v) is 2.98. The minimum absolute atomic E-state index is 0.00776. The highest BCUT2D eigenvalue weighted by Crippen LogP contribution is 2.34. The van der Waals surface area contributed by atoms with E-state index in [1.807, 2.05) is 30.3 Å². The average Bonchev–Trinajstić information content (AvgIpc) is 2.91. The molecule has 124 valence electrons. The summed E-state index contributed by atoms with van der Waals surface area (Å²) in [5.74, 6) is 1.03. The molecular formula is C18H17NO4S. The van der Waals surface area contributed by atoms with E-state index in [-0.39, 0.29) is 17.4 Å². The molecule has 24 heavy (non-hydrogen) atoms. The van der Waals surface area contributed by atoms with Gasteiger partial charge in [-0.2, -0.15) is 0 Å². The molecule has 1 atom stereocenters. The smallest absolute Gasteiger partial charge is 0.249 e. The average molecular weight is 343 g/mol. The van der Waals surface area contributed by atoms with Gasteiger partial charge in [0.1, 0.15) is 5.75 Å². The summed E-state index contributed by atoms with van der Waals surface area (Å²) in [6.07, 6.45) is -0.799. The molecule has 1 aliphatic rings. The molecule has 2 N–H and O–H groups in total. The number of rotatable bonds is 6. The molecule has 2 aromatic rings. The van der Waals surface area contributed by atoms with Crippen LogP contribution >= 0.6 is 12.0 Å². The normalized spacial score (nSPS) is 16.9. The van der Waals surface area contributed by atoms with Crippen molar-refractivity contribution in [3.8, 4) is 5.75 Å². The van der Waals surface area contributed by atoms with Crippen molar-refractivity contribution < 1.29 is 18.5 Å². The van der Waals surface area contributed by atoms with Gasteiger partial charge in [0.15, 0.2) is 6.10 Å². The highest BCUT2D eigenvalue weighted by Gasteiger charge is 2.37. The first-order valence-corrected chi connectivity index (χ1v) is 8.28. The largest absolute Gasteiger partial charge is 0.497 e. The summed E-state index contributed by atoms with van der Waals surface area (Å²) in [6, 6.07) is 17.0. The predicted molar refractivity (Wildman–Crippen MR) is 91.9 cm³/mol. The van der Waals surface area contributed by atoms with Crippen LogP contribution in [0.4, 0.5) is 0 Å². The number of benzene rings is 2. The zero-order valence-corrected chi connectivity index (χ0v) is 13.9. The molecule has 0 amide bonds. The van der Waals surface area contributed by atoms with E-state index >= 15 is 0 Å². The molecule has 0 bridgehead atoms. The van der Waals surface area contributed by atoms with Gasteiger partial charge in [-0.1, -0.05) is 42.5 Å². The molecule has 0 aliphatic carbocycles. The summed E-state index contributed by atoms with van der Waals surface area (Å²) in [5, 5.41) is 0. The van der Waals surface area contributed by atoms with E-state index in [1.165, 1.54) is 0 Å². The van der Waals surface area contributed by atoms with Crippen LogP contribution in [0.2, 0.25) is 0 Å². The van der Waals surface area contributed by atoms with Crippen molar-refractivity contribution in [3.63, 3.8) is 0 Å². The Morgan fingerprint density at radius 1 is 1.17 bits per heavy atom. The van der Waals surface area contributed by atoms with Gasteiger partial charge in [0, 0.05) is 5.56 Å². The van der Waals surface area contributed by atoms with Gasteiger partial charge < -0.3 is 19.4 Å². The van der Waals surface area contributed by atoms with Crippen LogP contribution in [0.15, 0.2) is 66.2 Å². The Morgan fingerprint density at radius 2 is 1.96 bits per heavy atom. The molecule has 0 fully saturated rings. The lowest BCUT2D eigenvalue weighted by molar-refractivity contribution is -0.122. The third-order valence-electron chi connectivity index (χ3n) is 3.54. The van der Waals surface area contributed by atoms with Crippen LogP contribution in [-0.4, -0.2) is 12.9 Å². The maximum absolute atomic E-state index is 12.5. The van der Waals surface area contributed by atoms with E-state index in [9.17, 15) is 4.79 Å². The lowest BCUT2D eigenvalue weighted by Gasteiger charge is -2.11. The van der Waals surface area contributed by atoms with Crippen molar-refractivity contribution in [1.29, 1.82) is 0 Å². The maximum Gasteiger partial charge on any atom is 0.249 e. The third-order valence-corrected chi connectivity index (χ3v) is 4.27. The second kappa shape index (κ2) is 7.31. The predicted octanol–water partition coefficient (Wildman–Crippen LogP) is 3.33. The minimum atomic E-state index is -0.799. The number of ketones is 1. The van der Waals surface area contributed by atoms with Crippen LogP contribution in [0.5, 0.6) is 5.75 Å². The topological polar surface area (TPSA) is 70.8 Å². The lowest BCUT2D eigenvalue weighted by atomic mass is 10.1. The molecular weight excluding hydrogens is 326 g/mol.